The average molecular weight is 312 g/mol. The Morgan fingerprint density at radius 1 is 1.14 bits per heavy atom. The minimum Gasteiger partial charge on any atom is -0.461 e. The van der Waals surface area contributed by atoms with Gasteiger partial charge in [0.05, 0.1) is 6.10 Å². The molecule has 2 aromatic rings. The third-order valence-corrected chi connectivity index (χ3v) is 2.52. The number of aromatic nitrogens is 3. The fourth-order valence-electron chi connectivity index (χ4n) is 1.54. The second-order valence-electron chi connectivity index (χ2n) is 4.46. The third kappa shape index (κ3) is 4.42. The van der Waals surface area contributed by atoms with E-state index in [2.05, 4.69) is 25.6 Å². The van der Waals surface area contributed by atoms with E-state index in [1.165, 1.54) is 12.1 Å². The molecule has 0 saturated carbocycles. The van der Waals surface area contributed by atoms with Gasteiger partial charge in [-0.25, -0.2) is 4.39 Å². The highest BCUT2D eigenvalue weighted by Crippen LogP contribution is 2.21. The molecule has 6 nitrogen and oxygen atoms in total. The van der Waals surface area contributed by atoms with Gasteiger partial charge in [-0.1, -0.05) is 11.6 Å². The summed E-state index contributed by atoms with van der Waals surface area (Å²) in [6, 6.07) is 4.25. The monoisotopic (exact) mass is 311 g/mol. The van der Waals surface area contributed by atoms with Crippen LogP contribution in [0.2, 0.25) is 5.02 Å². The maximum Gasteiger partial charge on any atom is 0.323 e. The van der Waals surface area contributed by atoms with Crippen LogP contribution in [0, 0.1) is 5.82 Å². The molecular formula is C13H15ClFN5O. The highest BCUT2D eigenvalue weighted by atomic mass is 35.5. The van der Waals surface area contributed by atoms with E-state index in [4.69, 9.17) is 16.3 Å². The van der Waals surface area contributed by atoms with Gasteiger partial charge in [-0.05, 0) is 32.0 Å². The third-order valence-electron chi connectivity index (χ3n) is 2.30. The van der Waals surface area contributed by atoms with Crippen LogP contribution < -0.4 is 15.4 Å². The quantitative estimate of drug-likeness (QED) is 0.883. The molecule has 112 valence electrons. The Morgan fingerprint density at radius 3 is 2.48 bits per heavy atom. The molecule has 1 aromatic heterocycles. The molecule has 0 unspecified atom stereocenters. The SMILES string of the molecule is CNc1nc(Nc2cc(F)cc(Cl)c2)nc(OC(C)C)n1. The molecule has 0 aliphatic heterocycles. The first kappa shape index (κ1) is 15.2. The fourth-order valence-corrected chi connectivity index (χ4v) is 1.76. The summed E-state index contributed by atoms with van der Waals surface area (Å²) in [6.45, 7) is 3.73. The number of halogens is 2. The van der Waals surface area contributed by atoms with Gasteiger partial charge in [0.15, 0.2) is 0 Å². The highest BCUT2D eigenvalue weighted by molar-refractivity contribution is 6.30. The van der Waals surface area contributed by atoms with E-state index in [-0.39, 0.29) is 23.1 Å². The van der Waals surface area contributed by atoms with Gasteiger partial charge in [0.2, 0.25) is 11.9 Å². The van der Waals surface area contributed by atoms with E-state index in [1.54, 1.807) is 13.1 Å². The molecule has 0 bridgehead atoms. The Morgan fingerprint density at radius 2 is 1.86 bits per heavy atom. The summed E-state index contributed by atoms with van der Waals surface area (Å²) in [5.74, 6) is 0.115. The number of hydrogen-bond acceptors (Lipinski definition) is 6. The maximum atomic E-state index is 13.3. The van der Waals surface area contributed by atoms with Crippen molar-refractivity contribution in [2.75, 3.05) is 17.7 Å². The molecule has 2 rings (SSSR count). The van der Waals surface area contributed by atoms with Crippen molar-refractivity contribution < 1.29 is 9.13 Å². The first-order valence-electron chi connectivity index (χ1n) is 6.30. The number of nitrogens with one attached hydrogen (secondary N) is 2. The molecule has 0 amide bonds. The van der Waals surface area contributed by atoms with Crippen LogP contribution >= 0.6 is 11.6 Å². The van der Waals surface area contributed by atoms with Crippen molar-refractivity contribution in [2.24, 2.45) is 0 Å². The summed E-state index contributed by atoms with van der Waals surface area (Å²) < 4.78 is 18.8. The maximum absolute atomic E-state index is 13.3. The van der Waals surface area contributed by atoms with Gasteiger partial charge in [-0.2, -0.15) is 15.0 Å². The van der Waals surface area contributed by atoms with Crippen LogP contribution in [0.1, 0.15) is 13.8 Å². The molecule has 0 atom stereocenters. The van der Waals surface area contributed by atoms with E-state index in [1.807, 2.05) is 13.8 Å². The predicted molar refractivity (Wildman–Crippen MR) is 79.8 cm³/mol. The van der Waals surface area contributed by atoms with Gasteiger partial charge in [0, 0.05) is 17.8 Å². The topological polar surface area (TPSA) is 72.0 Å². The van der Waals surface area contributed by atoms with Crippen LogP contribution in [0.25, 0.3) is 0 Å². The van der Waals surface area contributed by atoms with E-state index in [9.17, 15) is 4.39 Å². The van der Waals surface area contributed by atoms with Gasteiger partial charge in [0.1, 0.15) is 5.82 Å². The molecule has 1 aromatic carbocycles. The van der Waals surface area contributed by atoms with Crippen molar-refractivity contribution in [1.82, 2.24) is 15.0 Å². The minimum absolute atomic E-state index is 0.0754. The number of rotatable bonds is 5. The smallest absolute Gasteiger partial charge is 0.323 e. The number of benzene rings is 1. The number of ether oxygens (including phenoxy) is 1. The molecule has 0 fully saturated rings. The zero-order chi connectivity index (χ0) is 15.4. The Balaban J connectivity index is 2.29. The van der Waals surface area contributed by atoms with E-state index in [0.717, 1.165) is 0 Å². The number of hydrogen-bond donors (Lipinski definition) is 2. The molecule has 0 aliphatic rings. The summed E-state index contributed by atoms with van der Waals surface area (Å²) in [5.41, 5.74) is 0.434. The minimum atomic E-state index is -0.452. The lowest BCUT2D eigenvalue weighted by Crippen LogP contribution is -2.11. The van der Waals surface area contributed by atoms with Crippen LogP contribution in [0.4, 0.5) is 22.0 Å². The molecular weight excluding hydrogens is 297 g/mol. The normalized spacial score (nSPS) is 10.6. The van der Waals surface area contributed by atoms with Crippen molar-refractivity contribution in [3.63, 3.8) is 0 Å². The fraction of sp³-hybridized carbons (Fsp3) is 0.308. The first-order chi connectivity index (χ1) is 9.96. The van der Waals surface area contributed by atoms with Crippen LogP contribution in [-0.4, -0.2) is 28.1 Å². The highest BCUT2D eigenvalue weighted by Gasteiger charge is 2.09. The lowest BCUT2D eigenvalue weighted by atomic mass is 10.3. The Kier molecular flexibility index (Phi) is 4.74. The lowest BCUT2D eigenvalue weighted by Gasteiger charge is -2.11. The second-order valence-corrected chi connectivity index (χ2v) is 4.90. The second kappa shape index (κ2) is 6.53. The first-order valence-corrected chi connectivity index (χ1v) is 6.67. The zero-order valence-corrected chi connectivity index (χ0v) is 12.6. The van der Waals surface area contributed by atoms with Crippen LogP contribution in [0.3, 0.4) is 0 Å². The zero-order valence-electron chi connectivity index (χ0n) is 11.8. The van der Waals surface area contributed by atoms with E-state index >= 15 is 0 Å². The van der Waals surface area contributed by atoms with Crippen molar-refractivity contribution in [3.05, 3.63) is 29.0 Å². The molecule has 0 aliphatic carbocycles. The van der Waals surface area contributed by atoms with Gasteiger partial charge in [-0.15, -0.1) is 0 Å². The lowest BCUT2D eigenvalue weighted by molar-refractivity contribution is 0.222. The molecule has 21 heavy (non-hydrogen) atoms. The number of nitrogens with zero attached hydrogens (tertiary/aromatic N) is 3. The Bertz CT molecular complexity index is 618. The van der Waals surface area contributed by atoms with Crippen LogP contribution in [0.15, 0.2) is 18.2 Å². The summed E-state index contributed by atoms with van der Waals surface area (Å²) in [5, 5.41) is 5.95. The van der Waals surface area contributed by atoms with Gasteiger partial charge in [0.25, 0.3) is 0 Å². The standard InChI is InChI=1S/C13H15ClFN5O/c1-7(2)21-13-19-11(16-3)18-12(20-13)17-10-5-8(14)4-9(15)6-10/h4-7H,1-3H3,(H2,16,17,18,19,20). The molecule has 0 radical (unpaired) electrons. The molecule has 8 heteroatoms. The molecule has 1 heterocycles. The Hall–Kier alpha value is -2.15. The summed E-state index contributed by atoms with van der Waals surface area (Å²) >= 11 is 5.80. The predicted octanol–water partition coefficient (Wildman–Crippen LogP) is 3.24. The van der Waals surface area contributed by atoms with E-state index in [0.29, 0.717) is 11.6 Å². The van der Waals surface area contributed by atoms with Crippen molar-refractivity contribution in [2.45, 2.75) is 20.0 Å². The molecule has 2 N–H and O–H groups in total. The average Bonchev–Trinajstić information content (AvgIpc) is 2.36. The van der Waals surface area contributed by atoms with Crippen molar-refractivity contribution in [3.8, 4) is 6.01 Å². The van der Waals surface area contributed by atoms with Gasteiger partial charge in [-0.3, -0.25) is 0 Å². The van der Waals surface area contributed by atoms with Crippen LogP contribution in [0.5, 0.6) is 6.01 Å². The van der Waals surface area contributed by atoms with Crippen molar-refractivity contribution in [1.29, 1.82) is 0 Å². The van der Waals surface area contributed by atoms with Gasteiger partial charge >= 0.3 is 6.01 Å². The number of anilines is 3. The summed E-state index contributed by atoms with van der Waals surface area (Å²) in [4.78, 5) is 12.3. The van der Waals surface area contributed by atoms with Crippen molar-refractivity contribution >= 4 is 29.2 Å². The molecule has 0 saturated heterocycles. The Labute approximate surface area is 126 Å². The molecule has 0 spiro atoms. The largest absolute Gasteiger partial charge is 0.461 e. The summed E-state index contributed by atoms with van der Waals surface area (Å²) in [7, 11) is 1.68. The van der Waals surface area contributed by atoms with E-state index < -0.39 is 5.82 Å². The van der Waals surface area contributed by atoms with Crippen LogP contribution in [-0.2, 0) is 0 Å². The van der Waals surface area contributed by atoms with Gasteiger partial charge < -0.3 is 15.4 Å². The summed E-state index contributed by atoms with van der Waals surface area (Å²) in [6.07, 6.45) is -0.0754.